The van der Waals surface area contributed by atoms with E-state index in [-0.39, 0.29) is 24.0 Å². The van der Waals surface area contributed by atoms with Crippen molar-refractivity contribution in [2.75, 3.05) is 6.61 Å². The molecule has 3 N–H and O–H groups in total. The van der Waals surface area contributed by atoms with E-state index in [1.54, 1.807) is 0 Å². The van der Waals surface area contributed by atoms with Gasteiger partial charge in [-0.25, -0.2) is 0 Å². The molecule has 0 radical (unpaired) electrons. The van der Waals surface area contributed by atoms with Crippen LogP contribution in [-0.4, -0.2) is 35.1 Å². The van der Waals surface area contributed by atoms with Crippen molar-refractivity contribution in [3.63, 3.8) is 0 Å². The highest BCUT2D eigenvalue weighted by atomic mass is 16.3. The molecule has 0 bridgehead atoms. The van der Waals surface area contributed by atoms with E-state index in [1.165, 1.54) is 0 Å². The molecule has 1 saturated carbocycles. The lowest BCUT2D eigenvalue weighted by atomic mass is 10.2. The van der Waals surface area contributed by atoms with Crippen LogP contribution >= 0.6 is 0 Å². The maximum absolute atomic E-state index is 11.6. The summed E-state index contributed by atoms with van der Waals surface area (Å²) in [5, 5.41) is 14.4. The lowest BCUT2D eigenvalue weighted by molar-refractivity contribution is -0.126. The molecule has 1 atom stereocenters. The molecular formula is C9H14N2O3. The Morgan fingerprint density at radius 3 is 2.79 bits per heavy atom. The zero-order valence-corrected chi connectivity index (χ0v) is 7.88. The summed E-state index contributed by atoms with van der Waals surface area (Å²) in [5.74, 6) is -0.235. The number of hydrogen-bond acceptors (Lipinski definition) is 3. The van der Waals surface area contributed by atoms with Gasteiger partial charge < -0.3 is 15.7 Å². The van der Waals surface area contributed by atoms with Crippen LogP contribution in [0.2, 0.25) is 0 Å². The molecule has 1 aliphatic heterocycles. The summed E-state index contributed by atoms with van der Waals surface area (Å²) in [4.78, 5) is 22.4. The molecule has 2 aliphatic rings. The van der Waals surface area contributed by atoms with E-state index in [0.29, 0.717) is 12.8 Å². The Balaban J connectivity index is 1.87. The summed E-state index contributed by atoms with van der Waals surface area (Å²) in [6.07, 6.45) is 2.64. The number of amides is 2. The van der Waals surface area contributed by atoms with Gasteiger partial charge in [-0.3, -0.25) is 9.59 Å². The van der Waals surface area contributed by atoms with Gasteiger partial charge in [-0.1, -0.05) is 0 Å². The minimum atomic E-state index is -0.397. The smallest absolute Gasteiger partial charge is 0.243 e. The van der Waals surface area contributed by atoms with Crippen LogP contribution in [0.5, 0.6) is 0 Å². The minimum Gasteiger partial charge on any atom is -0.394 e. The van der Waals surface area contributed by atoms with Crippen LogP contribution in [0.25, 0.3) is 0 Å². The van der Waals surface area contributed by atoms with E-state index in [4.69, 9.17) is 5.11 Å². The van der Waals surface area contributed by atoms with Crippen LogP contribution in [0.4, 0.5) is 0 Å². The summed E-state index contributed by atoms with van der Waals surface area (Å²) >= 11 is 0. The molecule has 0 unspecified atom stereocenters. The van der Waals surface area contributed by atoms with Gasteiger partial charge in [0.25, 0.3) is 0 Å². The van der Waals surface area contributed by atoms with E-state index in [1.807, 2.05) is 0 Å². The highest BCUT2D eigenvalue weighted by Gasteiger charge is 2.44. The summed E-state index contributed by atoms with van der Waals surface area (Å²) in [7, 11) is 0. The van der Waals surface area contributed by atoms with Crippen molar-refractivity contribution in [1.29, 1.82) is 0 Å². The summed E-state index contributed by atoms with van der Waals surface area (Å²) in [6.45, 7) is -0.0145. The van der Waals surface area contributed by atoms with Crippen molar-refractivity contribution in [2.24, 2.45) is 0 Å². The first kappa shape index (κ1) is 9.45. The molecule has 0 aromatic carbocycles. The first-order chi connectivity index (χ1) is 6.65. The minimum absolute atomic E-state index is 0.0145. The lowest BCUT2D eigenvalue weighted by Crippen LogP contribution is -2.48. The molecule has 0 aromatic rings. The largest absolute Gasteiger partial charge is 0.394 e. The first-order valence-corrected chi connectivity index (χ1v) is 4.87. The predicted octanol–water partition coefficient (Wildman–Crippen LogP) is -1.09. The van der Waals surface area contributed by atoms with E-state index >= 15 is 0 Å². The standard InChI is InChI=1S/C9H14N2O3/c12-5-9(3-4-9)11-8(14)6-1-2-7(13)10-6/h6,12H,1-5H2,(H,10,13)(H,11,14)/t6-/m0/s1. The highest BCUT2D eigenvalue weighted by Crippen LogP contribution is 2.34. The molecule has 1 heterocycles. The number of carbonyl (C=O) groups is 2. The Bertz CT molecular complexity index is 273. The topological polar surface area (TPSA) is 78.4 Å². The van der Waals surface area contributed by atoms with E-state index in [0.717, 1.165) is 12.8 Å². The maximum Gasteiger partial charge on any atom is 0.243 e. The second-order valence-electron chi connectivity index (χ2n) is 4.09. The van der Waals surface area contributed by atoms with E-state index in [9.17, 15) is 9.59 Å². The summed E-state index contributed by atoms with van der Waals surface area (Å²) in [6, 6.07) is -0.397. The molecule has 0 spiro atoms. The van der Waals surface area contributed by atoms with Gasteiger partial charge in [0, 0.05) is 6.42 Å². The molecule has 2 fully saturated rings. The normalized spacial score (nSPS) is 28.4. The van der Waals surface area contributed by atoms with Gasteiger partial charge in [-0.15, -0.1) is 0 Å². The second-order valence-corrected chi connectivity index (χ2v) is 4.09. The van der Waals surface area contributed by atoms with Crippen LogP contribution in [0.15, 0.2) is 0 Å². The van der Waals surface area contributed by atoms with Crippen LogP contribution in [0.3, 0.4) is 0 Å². The van der Waals surface area contributed by atoms with Gasteiger partial charge in [-0.2, -0.15) is 0 Å². The monoisotopic (exact) mass is 198 g/mol. The Hall–Kier alpha value is -1.10. The van der Waals surface area contributed by atoms with Crippen molar-refractivity contribution in [3.8, 4) is 0 Å². The number of rotatable bonds is 3. The Morgan fingerprint density at radius 1 is 1.64 bits per heavy atom. The van der Waals surface area contributed by atoms with Gasteiger partial charge in [-0.05, 0) is 19.3 Å². The number of aliphatic hydroxyl groups excluding tert-OH is 1. The summed E-state index contributed by atoms with van der Waals surface area (Å²) < 4.78 is 0. The van der Waals surface area contributed by atoms with Gasteiger partial charge in [0.05, 0.1) is 12.1 Å². The fraction of sp³-hybridized carbons (Fsp3) is 0.778. The van der Waals surface area contributed by atoms with Crippen LogP contribution in [0.1, 0.15) is 25.7 Å². The predicted molar refractivity (Wildman–Crippen MR) is 48.4 cm³/mol. The fourth-order valence-electron chi connectivity index (χ4n) is 1.63. The lowest BCUT2D eigenvalue weighted by Gasteiger charge is -2.17. The van der Waals surface area contributed by atoms with Crippen molar-refractivity contribution >= 4 is 11.8 Å². The van der Waals surface area contributed by atoms with Gasteiger partial charge >= 0.3 is 0 Å². The molecule has 2 amide bonds. The molecule has 0 aromatic heterocycles. The van der Waals surface area contributed by atoms with Crippen LogP contribution in [-0.2, 0) is 9.59 Å². The molecule has 1 saturated heterocycles. The Kier molecular flexibility index (Phi) is 2.19. The molecular weight excluding hydrogens is 184 g/mol. The van der Waals surface area contributed by atoms with E-state index < -0.39 is 6.04 Å². The van der Waals surface area contributed by atoms with Crippen molar-refractivity contribution in [2.45, 2.75) is 37.3 Å². The molecule has 2 rings (SSSR count). The highest BCUT2D eigenvalue weighted by molar-refractivity contribution is 5.91. The zero-order valence-electron chi connectivity index (χ0n) is 7.88. The van der Waals surface area contributed by atoms with Crippen molar-refractivity contribution in [3.05, 3.63) is 0 Å². The van der Waals surface area contributed by atoms with Gasteiger partial charge in [0.1, 0.15) is 6.04 Å². The molecule has 5 nitrogen and oxygen atoms in total. The number of hydrogen-bond donors (Lipinski definition) is 3. The maximum atomic E-state index is 11.6. The van der Waals surface area contributed by atoms with Gasteiger partial charge in [0.15, 0.2) is 0 Å². The molecule has 14 heavy (non-hydrogen) atoms. The SMILES string of the molecule is O=C1CC[C@@H](C(=O)NC2(CO)CC2)N1. The molecule has 5 heteroatoms. The van der Waals surface area contributed by atoms with Crippen molar-refractivity contribution in [1.82, 2.24) is 10.6 Å². The molecule has 1 aliphatic carbocycles. The third-order valence-corrected chi connectivity index (χ3v) is 2.86. The van der Waals surface area contributed by atoms with Crippen molar-refractivity contribution < 1.29 is 14.7 Å². The molecule has 78 valence electrons. The average molecular weight is 198 g/mol. The number of nitrogens with one attached hydrogen (secondary N) is 2. The third kappa shape index (κ3) is 1.72. The second kappa shape index (κ2) is 3.24. The van der Waals surface area contributed by atoms with Gasteiger partial charge in [0.2, 0.25) is 11.8 Å². The number of carbonyl (C=O) groups excluding carboxylic acids is 2. The first-order valence-electron chi connectivity index (χ1n) is 4.87. The quantitative estimate of drug-likeness (QED) is 0.539. The Labute approximate surface area is 81.9 Å². The van der Waals surface area contributed by atoms with Crippen LogP contribution in [0, 0.1) is 0 Å². The number of aliphatic hydroxyl groups is 1. The Morgan fingerprint density at radius 2 is 2.36 bits per heavy atom. The average Bonchev–Trinajstić information content (AvgIpc) is 2.80. The fourth-order valence-corrected chi connectivity index (χ4v) is 1.63. The summed E-state index contributed by atoms with van der Waals surface area (Å²) in [5.41, 5.74) is -0.385. The van der Waals surface area contributed by atoms with Crippen LogP contribution < -0.4 is 10.6 Å². The zero-order chi connectivity index (χ0) is 10.2. The van der Waals surface area contributed by atoms with E-state index in [2.05, 4.69) is 10.6 Å². The third-order valence-electron chi connectivity index (χ3n) is 2.86.